The normalized spacial score (nSPS) is 11.6. The molecule has 0 radical (unpaired) electrons. The average Bonchev–Trinajstić information content (AvgIpc) is 3.16. The van der Waals surface area contributed by atoms with Crippen molar-refractivity contribution in [1.29, 1.82) is 5.26 Å². The van der Waals surface area contributed by atoms with Crippen LogP contribution in [0.25, 0.3) is 5.65 Å². The van der Waals surface area contributed by atoms with Gasteiger partial charge in [0.15, 0.2) is 5.65 Å². The molecule has 2 aromatic heterocycles. The molecular weight excluding hydrogens is 420 g/mol. The highest BCUT2D eigenvalue weighted by Crippen LogP contribution is 2.20. The van der Waals surface area contributed by atoms with Crippen LogP contribution >= 0.6 is 0 Å². The van der Waals surface area contributed by atoms with Crippen molar-refractivity contribution in [3.8, 4) is 6.07 Å². The molecule has 1 aromatic carbocycles. The number of nitrogens with one attached hydrogen (secondary N) is 1. The van der Waals surface area contributed by atoms with Crippen molar-refractivity contribution < 1.29 is 18.0 Å². The summed E-state index contributed by atoms with van der Waals surface area (Å²) in [4.78, 5) is 21.7. The summed E-state index contributed by atoms with van der Waals surface area (Å²) in [5, 5.41) is 16.1. The quantitative estimate of drug-likeness (QED) is 0.554. The zero-order valence-corrected chi connectivity index (χ0v) is 18.4. The molecule has 3 aromatic rings. The van der Waals surface area contributed by atoms with E-state index in [1.165, 1.54) is 44.6 Å². The van der Waals surface area contributed by atoms with Crippen molar-refractivity contribution in [3.63, 3.8) is 0 Å². The summed E-state index contributed by atoms with van der Waals surface area (Å²) in [5.74, 6) is -0.221. The Hall–Kier alpha value is -3.33. The molecule has 3 rings (SSSR count). The van der Waals surface area contributed by atoms with Crippen molar-refractivity contribution in [3.05, 3.63) is 53.0 Å². The van der Waals surface area contributed by atoms with Gasteiger partial charge in [0.2, 0.25) is 5.91 Å². The van der Waals surface area contributed by atoms with Gasteiger partial charge in [-0.05, 0) is 50.1 Å². The largest absolute Gasteiger partial charge is 0.326 e. The number of nitriles is 1. The highest BCUT2D eigenvalue weighted by atomic mass is 32.2. The van der Waals surface area contributed by atoms with Gasteiger partial charge in [-0.1, -0.05) is 4.47 Å². The van der Waals surface area contributed by atoms with Crippen LogP contribution in [0.1, 0.15) is 28.9 Å². The molecule has 0 aliphatic heterocycles. The summed E-state index contributed by atoms with van der Waals surface area (Å²) >= 11 is 0. The molecule has 2 heterocycles. The molecule has 11 heteroatoms. The molecule has 162 valence electrons. The number of carbonyl (C=O) groups excluding carboxylic acids is 1. The number of aromatic nitrogens is 3. The molecule has 0 spiro atoms. The van der Waals surface area contributed by atoms with Gasteiger partial charge >= 0.3 is 0 Å². The van der Waals surface area contributed by atoms with E-state index in [0.717, 1.165) is 21.4 Å². The molecule has 0 saturated carbocycles. The van der Waals surface area contributed by atoms with Crippen LogP contribution in [0.5, 0.6) is 0 Å². The van der Waals surface area contributed by atoms with Crippen LogP contribution < -0.4 is 5.32 Å². The third-order valence-corrected chi connectivity index (χ3v) is 6.66. The van der Waals surface area contributed by atoms with Gasteiger partial charge in [0.05, 0.1) is 18.2 Å². The SMILES string of the molecule is CON(C)S(=O)(=O)c1ccc(NC(=O)CCc2c(C)nc3c(C#N)cnn3c2C)cc1. The Morgan fingerprint density at radius 3 is 2.58 bits per heavy atom. The molecule has 1 amide bonds. The minimum atomic E-state index is -3.75. The van der Waals surface area contributed by atoms with Crippen LogP contribution in [0.15, 0.2) is 35.4 Å². The zero-order valence-electron chi connectivity index (χ0n) is 17.6. The Bertz CT molecular complexity index is 1280. The van der Waals surface area contributed by atoms with Crippen LogP contribution in [-0.2, 0) is 26.1 Å². The number of hydrogen-bond acceptors (Lipinski definition) is 7. The van der Waals surface area contributed by atoms with Gasteiger partial charge in [-0.2, -0.15) is 10.4 Å². The predicted octanol–water partition coefficient (Wildman–Crippen LogP) is 1.97. The topological polar surface area (TPSA) is 130 Å². The lowest BCUT2D eigenvalue weighted by molar-refractivity contribution is -0.116. The first kappa shape index (κ1) is 22.4. The Balaban J connectivity index is 1.69. The second-order valence-corrected chi connectivity index (χ2v) is 8.77. The number of benzene rings is 1. The maximum absolute atomic E-state index is 12.4. The molecule has 0 atom stereocenters. The summed E-state index contributed by atoms with van der Waals surface area (Å²) in [6.45, 7) is 3.71. The van der Waals surface area contributed by atoms with E-state index in [1.54, 1.807) is 4.52 Å². The number of aryl methyl sites for hydroxylation is 2. The van der Waals surface area contributed by atoms with Crippen LogP contribution in [0.3, 0.4) is 0 Å². The summed E-state index contributed by atoms with van der Waals surface area (Å²) in [5.41, 5.74) is 3.84. The smallest absolute Gasteiger partial charge is 0.264 e. The highest BCUT2D eigenvalue weighted by molar-refractivity contribution is 7.89. The fraction of sp³-hybridized carbons (Fsp3) is 0.300. The predicted molar refractivity (Wildman–Crippen MR) is 113 cm³/mol. The van der Waals surface area contributed by atoms with E-state index in [9.17, 15) is 13.2 Å². The molecular formula is C20H22N6O4S. The van der Waals surface area contributed by atoms with Crippen LogP contribution in [0.4, 0.5) is 5.69 Å². The van der Waals surface area contributed by atoms with Gasteiger partial charge in [0.25, 0.3) is 10.0 Å². The van der Waals surface area contributed by atoms with E-state index >= 15 is 0 Å². The van der Waals surface area contributed by atoms with E-state index in [4.69, 9.17) is 10.1 Å². The third-order valence-electron chi connectivity index (χ3n) is 4.96. The van der Waals surface area contributed by atoms with Crippen molar-refractivity contribution in [2.75, 3.05) is 19.5 Å². The second kappa shape index (κ2) is 8.81. The van der Waals surface area contributed by atoms with Crippen molar-refractivity contribution >= 4 is 27.3 Å². The molecule has 31 heavy (non-hydrogen) atoms. The fourth-order valence-corrected chi connectivity index (χ4v) is 4.14. The second-order valence-electron chi connectivity index (χ2n) is 6.84. The molecule has 0 aliphatic carbocycles. The fourth-order valence-electron chi connectivity index (χ4n) is 3.17. The number of rotatable bonds is 7. The minimum absolute atomic E-state index is 0.0523. The van der Waals surface area contributed by atoms with Crippen LogP contribution in [0.2, 0.25) is 0 Å². The Kier molecular flexibility index (Phi) is 6.35. The van der Waals surface area contributed by atoms with E-state index in [2.05, 4.69) is 21.5 Å². The number of amides is 1. The summed E-state index contributed by atoms with van der Waals surface area (Å²) < 4.78 is 26.8. The maximum atomic E-state index is 12.4. The minimum Gasteiger partial charge on any atom is -0.326 e. The number of fused-ring (bicyclic) bond motifs is 1. The molecule has 0 unspecified atom stereocenters. The highest BCUT2D eigenvalue weighted by Gasteiger charge is 2.20. The first-order valence-electron chi connectivity index (χ1n) is 9.36. The molecule has 0 aliphatic rings. The van der Waals surface area contributed by atoms with E-state index < -0.39 is 10.0 Å². The molecule has 10 nitrogen and oxygen atoms in total. The van der Waals surface area contributed by atoms with Gasteiger partial charge in [-0.25, -0.2) is 17.9 Å². The monoisotopic (exact) mass is 442 g/mol. The standard InChI is InChI=1S/C20H22N6O4S/c1-13-18(14(2)26-20(23-13)15(11-21)12-22-26)9-10-19(27)24-16-5-7-17(8-6-16)31(28,29)25(3)30-4/h5-8,12H,9-10H2,1-4H3,(H,24,27). The summed E-state index contributed by atoms with van der Waals surface area (Å²) in [6.07, 6.45) is 2.12. The third kappa shape index (κ3) is 4.41. The van der Waals surface area contributed by atoms with Crippen molar-refractivity contribution in [1.82, 2.24) is 19.1 Å². The Morgan fingerprint density at radius 2 is 1.97 bits per heavy atom. The lowest BCUT2D eigenvalue weighted by Gasteiger charge is -2.14. The molecule has 1 N–H and O–H groups in total. The number of sulfonamides is 1. The van der Waals surface area contributed by atoms with Crippen molar-refractivity contribution in [2.24, 2.45) is 0 Å². The Morgan fingerprint density at radius 1 is 1.29 bits per heavy atom. The van der Waals surface area contributed by atoms with Crippen molar-refractivity contribution in [2.45, 2.75) is 31.6 Å². The van der Waals surface area contributed by atoms with Gasteiger partial charge < -0.3 is 5.32 Å². The van der Waals surface area contributed by atoms with E-state index in [1.807, 2.05) is 13.8 Å². The van der Waals surface area contributed by atoms with Gasteiger partial charge in [-0.15, -0.1) is 0 Å². The van der Waals surface area contributed by atoms with Gasteiger partial charge in [0.1, 0.15) is 11.6 Å². The van der Waals surface area contributed by atoms with E-state index in [-0.39, 0.29) is 17.2 Å². The lowest BCUT2D eigenvalue weighted by atomic mass is 10.1. The number of hydroxylamine groups is 1. The molecule has 0 bridgehead atoms. The first-order valence-corrected chi connectivity index (χ1v) is 10.8. The van der Waals surface area contributed by atoms with E-state index in [0.29, 0.717) is 23.3 Å². The first-order chi connectivity index (χ1) is 14.7. The Labute approximate surface area is 180 Å². The average molecular weight is 443 g/mol. The van der Waals surface area contributed by atoms with Crippen LogP contribution in [-0.4, -0.2) is 47.5 Å². The number of carbonyl (C=O) groups is 1. The zero-order chi connectivity index (χ0) is 22.8. The summed E-state index contributed by atoms with van der Waals surface area (Å²) in [6, 6.07) is 7.91. The maximum Gasteiger partial charge on any atom is 0.264 e. The number of hydrogen-bond donors (Lipinski definition) is 1. The molecule has 0 fully saturated rings. The van der Waals surface area contributed by atoms with Gasteiger partial charge in [-0.3, -0.25) is 9.63 Å². The van der Waals surface area contributed by atoms with Crippen LogP contribution in [0, 0.1) is 25.2 Å². The summed E-state index contributed by atoms with van der Waals surface area (Å²) in [7, 11) is -1.19. The number of anilines is 1. The van der Waals surface area contributed by atoms with Gasteiger partial charge in [0, 0.05) is 30.5 Å². The number of nitrogens with zero attached hydrogens (tertiary/aromatic N) is 5. The molecule has 0 saturated heterocycles. The lowest BCUT2D eigenvalue weighted by Crippen LogP contribution is -2.25.